The fourth-order valence-corrected chi connectivity index (χ4v) is 3.65. The molecule has 3 N–H and O–H groups in total. The van der Waals surface area contributed by atoms with Crippen molar-refractivity contribution in [1.82, 2.24) is 9.47 Å². The van der Waals surface area contributed by atoms with Gasteiger partial charge in [0, 0.05) is 16.8 Å². The van der Waals surface area contributed by atoms with E-state index in [0.717, 1.165) is 41.2 Å². The van der Waals surface area contributed by atoms with Crippen LogP contribution < -0.4 is 5.73 Å². The predicted molar refractivity (Wildman–Crippen MR) is 111 cm³/mol. The van der Waals surface area contributed by atoms with Gasteiger partial charge in [-0.05, 0) is 68.4 Å². The minimum atomic E-state index is -0.0485. The second-order valence-electron chi connectivity index (χ2n) is 6.68. The maximum Gasteiger partial charge on any atom is 0.221 e. The molecule has 0 atom stereocenters. The number of nitrogens with two attached hydrogens (primary N) is 1. The Hall–Kier alpha value is -1.64. The van der Waals surface area contributed by atoms with Gasteiger partial charge in [0.15, 0.2) is 5.69 Å². The Morgan fingerprint density at radius 3 is 2.85 bits per heavy atom. The molecule has 0 radical (unpaired) electrons. The highest BCUT2D eigenvalue weighted by atomic mass is 32.2. The first kappa shape index (κ1) is 19.1. The highest BCUT2D eigenvalue weighted by Gasteiger charge is 2.25. The van der Waals surface area contributed by atoms with Crippen LogP contribution in [-0.4, -0.2) is 39.0 Å². The first-order valence-corrected chi connectivity index (χ1v) is 10.5. The van der Waals surface area contributed by atoms with Crippen LogP contribution in [0.2, 0.25) is 0 Å². The minimum Gasteiger partial charge on any atom is -0.493 e. The van der Waals surface area contributed by atoms with E-state index < -0.39 is 0 Å². The first-order chi connectivity index (χ1) is 12.5. The highest BCUT2D eigenvalue weighted by molar-refractivity contribution is 7.98. The van der Waals surface area contributed by atoms with Gasteiger partial charge in [-0.1, -0.05) is 6.92 Å². The fourth-order valence-electron chi connectivity index (χ4n) is 3.17. The van der Waals surface area contributed by atoms with Crippen molar-refractivity contribution in [3.8, 4) is 5.88 Å². The molecule has 0 saturated heterocycles. The van der Waals surface area contributed by atoms with Crippen molar-refractivity contribution in [2.24, 2.45) is 21.9 Å². The third-order valence-corrected chi connectivity index (χ3v) is 5.37. The molecule has 0 bridgehead atoms. The Labute approximate surface area is 163 Å². The SMILES string of the molecule is CCCN(CC1CC1)Cn1c(O)c(N=NC(N)=S)c2cc(SC)ccc21. The van der Waals surface area contributed by atoms with Crippen LogP contribution in [0.5, 0.6) is 5.88 Å². The number of hydrogen-bond acceptors (Lipinski definition) is 5. The molecule has 1 aliphatic rings. The summed E-state index contributed by atoms with van der Waals surface area (Å²) in [7, 11) is 0. The van der Waals surface area contributed by atoms with Crippen molar-refractivity contribution in [1.29, 1.82) is 0 Å². The van der Waals surface area contributed by atoms with E-state index in [1.165, 1.54) is 12.8 Å². The normalized spacial score (nSPS) is 14.7. The lowest BCUT2D eigenvalue weighted by Crippen LogP contribution is -2.29. The van der Waals surface area contributed by atoms with E-state index in [2.05, 4.69) is 28.1 Å². The van der Waals surface area contributed by atoms with Gasteiger partial charge in [-0.25, -0.2) is 0 Å². The van der Waals surface area contributed by atoms with Crippen LogP contribution in [-0.2, 0) is 6.67 Å². The van der Waals surface area contributed by atoms with Crippen molar-refractivity contribution in [2.75, 3.05) is 19.3 Å². The summed E-state index contributed by atoms with van der Waals surface area (Å²) < 4.78 is 1.91. The van der Waals surface area contributed by atoms with Crippen molar-refractivity contribution in [3.05, 3.63) is 18.2 Å². The summed E-state index contributed by atoms with van der Waals surface area (Å²) in [6, 6.07) is 6.11. The van der Waals surface area contributed by atoms with Gasteiger partial charge in [-0.3, -0.25) is 9.47 Å². The average Bonchev–Trinajstić information content (AvgIpc) is 3.39. The van der Waals surface area contributed by atoms with Crippen LogP contribution in [0.1, 0.15) is 26.2 Å². The van der Waals surface area contributed by atoms with Gasteiger partial charge in [0.25, 0.3) is 0 Å². The van der Waals surface area contributed by atoms with Gasteiger partial charge in [0.2, 0.25) is 11.0 Å². The van der Waals surface area contributed by atoms with Gasteiger partial charge >= 0.3 is 0 Å². The minimum absolute atomic E-state index is 0.0485. The summed E-state index contributed by atoms with van der Waals surface area (Å²) in [5.74, 6) is 0.900. The first-order valence-electron chi connectivity index (χ1n) is 8.86. The average molecular weight is 392 g/mol. The molecule has 0 spiro atoms. The second kappa shape index (κ2) is 8.37. The molecule has 0 unspecified atom stereocenters. The summed E-state index contributed by atoms with van der Waals surface area (Å²) in [5.41, 5.74) is 6.81. The molecule has 1 heterocycles. The maximum atomic E-state index is 10.8. The number of hydrogen-bond donors (Lipinski definition) is 2. The van der Waals surface area contributed by atoms with E-state index in [-0.39, 0.29) is 11.0 Å². The van der Waals surface area contributed by atoms with E-state index in [4.69, 9.17) is 18.0 Å². The Kier molecular flexibility index (Phi) is 6.16. The molecule has 1 aromatic heterocycles. The molecule has 1 aliphatic carbocycles. The number of fused-ring (bicyclic) bond motifs is 1. The van der Waals surface area contributed by atoms with Gasteiger partial charge in [-0.2, -0.15) is 0 Å². The molecule has 0 amide bonds. The summed E-state index contributed by atoms with van der Waals surface area (Å²) in [6.45, 7) is 4.88. The number of thioether (sulfide) groups is 1. The number of rotatable bonds is 8. The zero-order valence-electron chi connectivity index (χ0n) is 15.2. The Morgan fingerprint density at radius 2 is 2.23 bits per heavy atom. The predicted octanol–water partition coefficient (Wildman–Crippen LogP) is 4.48. The van der Waals surface area contributed by atoms with Crippen molar-refractivity contribution < 1.29 is 5.11 Å². The molecule has 0 aliphatic heterocycles. The van der Waals surface area contributed by atoms with E-state index in [1.807, 2.05) is 23.0 Å². The van der Waals surface area contributed by atoms with E-state index in [0.29, 0.717) is 12.4 Å². The lowest BCUT2D eigenvalue weighted by Gasteiger charge is -2.23. The van der Waals surface area contributed by atoms with E-state index >= 15 is 0 Å². The molecule has 26 heavy (non-hydrogen) atoms. The summed E-state index contributed by atoms with van der Waals surface area (Å²) >= 11 is 6.44. The molecule has 1 aromatic carbocycles. The Bertz CT molecular complexity index is 829. The molecule has 2 aromatic rings. The van der Waals surface area contributed by atoms with Gasteiger partial charge in [0.05, 0.1) is 12.2 Å². The highest BCUT2D eigenvalue weighted by Crippen LogP contribution is 2.41. The Balaban J connectivity index is 2.02. The van der Waals surface area contributed by atoms with E-state index in [9.17, 15) is 5.11 Å². The maximum absolute atomic E-state index is 10.8. The summed E-state index contributed by atoms with van der Waals surface area (Å²) in [4.78, 5) is 3.50. The quantitative estimate of drug-likeness (QED) is 0.394. The number of aromatic nitrogens is 1. The number of benzene rings is 1. The van der Waals surface area contributed by atoms with Crippen LogP contribution in [0, 0.1) is 5.92 Å². The van der Waals surface area contributed by atoms with Crippen molar-refractivity contribution >= 4 is 45.7 Å². The fraction of sp³-hybridized carbons (Fsp3) is 0.500. The number of nitrogens with zero attached hydrogens (tertiary/aromatic N) is 4. The van der Waals surface area contributed by atoms with Gasteiger partial charge in [-0.15, -0.1) is 22.0 Å². The Morgan fingerprint density at radius 1 is 1.46 bits per heavy atom. The monoisotopic (exact) mass is 391 g/mol. The van der Waals surface area contributed by atoms with Gasteiger partial charge in [0.1, 0.15) is 0 Å². The third kappa shape index (κ3) is 4.36. The smallest absolute Gasteiger partial charge is 0.221 e. The summed E-state index contributed by atoms with van der Waals surface area (Å²) in [5, 5.41) is 19.6. The largest absolute Gasteiger partial charge is 0.493 e. The van der Waals surface area contributed by atoms with Crippen LogP contribution in [0.4, 0.5) is 5.69 Å². The van der Waals surface area contributed by atoms with Crippen LogP contribution in [0.3, 0.4) is 0 Å². The third-order valence-electron chi connectivity index (χ3n) is 4.56. The van der Waals surface area contributed by atoms with Crippen molar-refractivity contribution in [2.45, 2.75) is 37.8 Å². The topological polar surface area (TPSA) is 79.1 Å². The van der Waals surface area contributed by atoms with Crippen LogP contribution in [0.15, 0.2) is 33.3 Å². The second-order valence-corrected chi connectivity index (χ2v) is 7.98. The molecular weight excluding hydrogens is 366 g/mol. The van der Waals surface area contributed by atoms with Crippen LogP contribution in [0.25, 0.3) is 10.9 Å². The lowest BCUT2D eigenvalue weighted by molar-refractivity contribution is 0.203. The molecule has 1 fully saturated rings. The number of thiocarbonyl (C=S) groups is 1. The van der Waals surface area contributed by atoms with Crippen molar-refractivity contribution in [3.63, 3.8) is 0 Å². The molecule has 140 valence electrons. The molecule has 3 rings (SSSR count). The zero-order chi connectivity index (χ0) is 18.7. The molecular formula is C18H25N5OS2. The number of azo groups is 1. The summed E-state index contributed by atoms with van der Waals surface area (Å²) in [6.07, 6.45) is 5.72. The standard InChI is InChI=1S/C18H25N5OS2/c1-3-8-22(10-12-4-5-12)11-23-15-7-6-13(26-2)9-14(15)16(17(23)24)20-21-18(19)25/h6-7,9,12,24H,3-5,8,10-11H2,1-2H3,(H2,19,25). The lowest BCUT2D eigenvalue weighted by atomic mass is 10.2. The number of aromatic hydroxyl groups is 1. The van der Waals surface area contributed by atoms with E-state index in [1.54, 1.807) is 11.8 Å². The van der Waals surface area contributed by atoms with Gasteiger partial charge < -0.3 is 10.8 Å². The molecule has 6 nitrogen and oxygen atoms in total. The molecule has 1 saturated carbocycles. The zero-order valence-corrected chi connectivity index (χ0v) is 16.8. The van der Waals surface area contributed by atoms with Crippen LogP contribution >= 0.6 is 24.0 Å². The molecule has 8 heteroatoms.